The average molecular weight is 513 g/mol. The van der Waals surface area contributed by atoms with Crippen molar-refractivity contribution in [2.45, 2.75) is 55.6 Å². The number of amides is 1. The number of hydrogen-bond donors (Lipinski definition) is 1. The number of nitrogens with zero attached hydrogens (tertiary/aromatic N) is 1. The largest absolute Gasteiger partial charge is 0.489 e. The SMILES string of the molecule is O=C1CCOc2c(F)cc(F)cc2-c2cccc(c2F)CC2C(NS(=O)(=O)C3(F)CC3)CCCN12. The molecule has 2 heterocycles. The molecule has 188 valence electrons. The molecule has 1 saturated heterocycles. The summed E-state index contributed by atoms with van der Waals surface area (Å²) >= 11 is 0. The number of halogens is 4. The van der Waals surface area contributed by atoms with E-state index in [4.69, 9.17) is 4.74 Å². The van der Waals surface area contributed by atoms with Crippen LogP contribution >= 0.6 is 0 Å². The molecule has 1 aliphatic carbocycles. The fourth-order valence-corrected chi connectivity index (χ4v) is 6.41. The first-order chi connectivity index (χ1) is 16.6. The molecule has 6 nitrogen and oxygen atoms in total. The molecule has 1 N–H and O–H groups in total. The van der Waals surface area contributed by atoms with Crippen molar-refractivity contribution in [3.63, 3.8) is 0 Å². The molecule has 35 heavy (non-hydrogen) atoms. The summed E-state index contributed by atoms with van der Waals surface area (Å²) in [5.41, 5.74) is -0.0716. The molecule has 0 aromatic heterocycles. The summed E-state index contributed by atoms with van der Waals surface area (Å²) in [4.78, 5) is 14.6. The van der Waals surface area contributed by atoms with Gasteiger partial charge < -0.3 is 9.64 Å². The highest BCUT2D eigenvalue weighted by Gasteiger charge is 2.57. The van der Waals surface area contributed by atoms with Gasteiger partial charge in [0.15, 0.2) is 11.6 Å². The van der Waals surface area contributed by atoms with Crippen molar-refractivity contribution in [3.05, 3.63) is 53.3 Å². The van der Waals surface area contributed by atoms with E-state index in [-0.39, 0.29) is 60.6 Å². The third-order valence-corrected chi connectivity index (χ3v) is 8.88. The van der Waals surface area contributed by atoms with Crippen molar-refractivity contribution in [2.75, 3.05) is 13.2 Å². The maximum Gasteiger partial charge on any atom is 0.247 e. The summed E-state index contributed by atoms with van der Waals surface area (Å²) < 4.78 is 91.9. The molecule has 2 aromatic carbocycles. The maximum absolute atomic E-state index is 15.7. The molecule has 2 aromatic rings. The van der Waals surface area contributed by atoms with Gasteiger partial charge in [0, 0.05) is 42.6 Å². The lowest BCUT2D eigenvalue weighted by Crippen LogP contribution is -2.59. The van der Waals surface area contributed by atoms with Gasteiger partial charge in [-0.05, 0) is 30.9 Å². The lowest BCUT2D eigenvalue weighted by molar-refractivity contribution is -0.136. The van der Waals surface area contributed by atoms with E-state index in [0.717, 1.165) is 6.07 Å². The number of alkyl halides is 1. The highest BCUT2D eigenvalue weighted by Crippen LogP contribution is 2.45. The molecule has 3 aliphatic rings. The minimum atomic E-state index is -4.29. The summed E-state index contributed by atoms with van der Waals surface area (Å²) in [7, 11) is -4.29. The lowest BCUT2D eigenvalue weighted by Gasteiger charge is -2.42. The Morgan fingerprint density at radius 1 is 1.11 bits per heavy atom. The molecule has 2 fully saturated rings. The van der Waals surface area contributed by atoms with Crippen molar-refractivity contribution >= 4 is 15.9 Å². The first kappa shape index (κ1) is 24.1. The Balaban J connectivity index is 1.58. The number of fused-ring (bicyclic) bond motifs is 5. The highest BCUT2D eigenvalue weighted by molar-refractivity contribution is 7.91. The minimum Gasteiger partial charge on any atom is -0.489 e. The van der Waals surface area contributed by atoms with E-state index >= 15 is 4.39 Å². The number of piperidine rings is 1. The summed E-state index contributed by atoms with van der Waals surface area (Å²) in [6.07, 6.45) is 0.406. The minimum absolute atomic E-state index is 0.0636. The second kappa shape index (κ2) is 8.77. The zero-order chi connectivity index (χ0) is 25.0. The number of nitrogens with one attached hydrogen (secondary N) is 1. The summed E-state index contributed by atoms with van der Waals surface area (Å²) in [5.74, 6) is -3.42. The predicted molar refractivity (Wildman–Crippen MR) is 119 cm³/mol. The molecule has 1 saturated carbocycles. The molecule has 0 spiro atoms. The van der Waals surface area contributed by atoms with E-state index < -0.39 is 44.6 Å². The number of rotatable bonds is 3. The van der Waals surface area contributed by atoms with E-state index in [1.807, 2.05) is 0 Å². The van der Waals surface area contributed by atoms with Crippen LogP contribution in [0.25, 0.3) is 11.1 Å². The average Bonchev–Trinajstić information content (AvgIpc) is 3.56. The normalized spacial score (nSPS) is 23.9. The second-order valence-electron chi connectivity index (χ2n) is 9.25. The molecule has 1 amide bonds. The van der Waals surface area contributed by atoms with Gasteiger partial charge in [-0.1, -0.05) is 18.2 Å². The van der Waals surface area contributed by atoms with Crippen LogP contribution in [0.1, 0.15) is 37.7 Å². The van der Waals surface area contributed by atoms with Crippen molar-refractivity contribution < 1.29 is 35.5 Å². The third-order valence-electron chi connectivity index (χ3n) is 6.90. The lowest BCUT2D eigenvalue weighted by atomic mass is 9.89. The van der Waals surface area contributed by atoms with Gasteiger partial charge in [0.2, 0.25) is 20.9 Å². The van der Waals surface area contributed by atoms with Gasteiger partial charge in [0.1, 0.15) is 11.6 Å². The third kappa shape index (κ3) is 4.40. The molecule has 2 bridgehead atoms. The molecule has 5 rings (SSSR count). The summed E-state index contributed by atoms with van der Waals surface area (Å²) in [5, 5.41) is -2.32. The number of sulfonamides is 1. The quantitative estimate of drug-likeness (QED) is 0.635. The summed E-state index contributed by atoms with van der Waals surface area (Å²) in [6.45, 7) is 0.0584. The van der Waals surface area contributed by atoms with Crippen LogP contribution < -0.4 is 9.46 Å². The molecular formula is C24H24F4N2O4S. The van der Waals surface area contributed by atoms with Gasteiger partial charge in [-0.25, -0.2) is 30.7 Å². The van der Waals surface area contributed by atoms with Gasteiger partial charge in [0.05, 0.1) is 19.1 Å². The van der Waals surface area contributed by atoms with Gasteiger partial charge in [-0.15, -0.1) is 0 Å². The molecule has 2 unspecified atom stereocenters. The van der Waals surface area contributed by atoms with Crippen molar-refractivity contribution in [1.82, 2.24) is 9.62 Å². The zero-order valence-electron chi connectivity index (χ0n) is 18.7. The molecule has 11 heteroatoms. The Morgan fingerprint density at radius 2 is 1.89 bits per heavy atom. The Kier molecular flexibility index (Phi) is 6.03. The first-order valence-corrected chi connectivity index (χ1v) is 13.0. The van der Waals surface area contributed by atoms with Crippen LogP contribution in [0.5, 0.6) is 5.75 Å². The Labute approximate surface area is 200 Å². The fourth-order valence-electron chi connectivity index (χ4n) is 4.89. The predicted octanol–water partition coefficient (Wildman–Crippen LogP) is 3.83. The second-order valence-corrected chi connectivity index (χ2v) is 11.2. The molecule has 2 aliphatic heterocycles. The van der Waals surface area contributed by atoms with E-state index in [1.54, 1.807) is 0 Å². The topological polar surface area (TPSA) is 75.7 Å². The van der Waals surface area contributed by atoms with E-state index in [0.29, 0.717) is 25.5 Å². The van der Waals surface area contributed by atoms with Crippen LogP contribution in [0.3, 0.4) is 0 Å². The summed E-state index contributed by atoms with van der Waals surface area (Å²) in [6, 6.07) is 4.36. The smallest absolute Gasteiger partial charge is 0.247 e. The van der Waals surface area contributed by atoms with Crippen LogP contribution in [0.15, 0.2) is 30.3 Å². The van der Waals surface area contributed by atoms with Gasteiger partial charge in [-0.2, -0.15) is 0 Å². The van der Waals surface area contributed by atoms with E-state index in [1.165, 1.54) is 23.1 Å². The van der Waals surface area contributed by atoms with Gasteiger partial charge in [-0.3, -0.25) is 4.79 Å². The zero-order valence-corrected chi connectivity index (χ0v) is 19.5. The van der Waals surface area contributed by atoms with Crippen LogP contribution in [0.2, 0.25) is 0 Å². The first-order valence-electron chi connectivity index (χ1n) is 11.5. The van der Waals surface area contributed by atoms with Gasteiger partial charge in [0.25, 0.3) is 0 Å². The Morgan fingerprint density at radius 3 is 2.63 bits per heavy atom. The van der Waals surface area contributed by atoms with E-state index in [2.05, 4.69) is 4.72 Å². The molecular weight excluding hydrogens is 488 g/mol. The van der Waals surface area contributed by atoms with Gasteiger partial charge >= 0.3 is 0 Å². The van der Waals surface area contributed by atoms with Crippen LogP contribution in [0.4, 0.5) is 17.6 Å². The molecule has 0 radical (unpaired) electrons. The van der Waals surface area contributed by atoms with Crippen LogP contribution in [-0.4, -0.2) is 49.5 Å². The Bertz CT molecular complexity index is 1280. The highest BCUT2D eigenvalue weighted by atomic mass is 32.2. The van der Waals surface area contributed by atoms with Crippen molar-refractivity contribution in [1.29, 1.82) is 0 Å². The van der Waals surface area contributed by atoms with Crippen molar-refractivity contribution in [2.24, 2.45) is 0 Å². The monoisotopic (exact) mass is 512 g/mol. The number of ether oxygens (including phenoxy) is 1. The number of carbonyl (C=O) groups excluding carboxylic acids is 1. The molecule has 2 atom stereocenters. The van der Waals surface area contributed by atoms with Crippen LogP contribution in [0, 0.1) is 17.5 Å². The Hall–Kier alpha value is -2.66. The number of hydrogen-bond acceptors (Lipinski definition) is 4. The van der Waals surface area contributed by atoms with Crippen molar-refractivity contribution in [3.8, 4) is 16.9 Å². The van der Waals surface area contributed by atoms with Crippen LogP contribution in [-0.2, 0) is 21.2 Å². The number of carbonyl (C=O) groups is 1. The maximum atomic E-state index is 15.7. The van der Waals surface area contributed by atoms with E-state index in [9.17, 15) is 26.4 Å². The number of benzene rings is 2. The fraction of sp³-hybridized carbons (Fsp3) is 0.458. The standard InChI is InChI=1S/C24H24F4N2O4S/c25-15-12-17-16-4-1-3-14(22(16)27)11-20-19(29-35(32,33)24(28)7-8-24)5-2-9-30(20)21(31)6-10-34-23(17)18(26)13-15/h1,3-4,12-13,19-20,29H,2,5-11H2.